The Morgan fingerprint density at radius 3 is 2.44 bits per heavy atom. The van der Waals surface area contributed by atoms with Crippen LogP contribution >= 0.6 is 0 Å². The first-order valence-corrected chi connectivity index (χ1v) is 5.95. The van der Waals surface area contributed by atoms with Crippen LogP contribution < -0.4 is 5.73 Å². The summed E-state index contributed by atoms with van der Waals surface area (Å²) in [6.07, 6.45) is 0. The minimum atomic E-state index is -0.340. The Balaban J connectivity index is 2.41. The van der Waals surface area contributed by atoms with E-state index < -0.39 is 0 Å². The molecule has 1 atom stereocenters. The fourth-order valence-electron chi connectivity index (χ4n) is 2.01. The van der Waals surface area contributed by atoms with Crippen molar-refractivity contribution in [3.8, 4) is 0 Å². The smallest absolute Gasteiger partial charge is 0.126 e. The van der Waals surface area contributed by atoms with Crippen LogP contribution in [-0.2, 0) is 0 Å². The fourth-order valence-corrected chi connectivity index (χ4v) is 2.01. The zero-order chi connectivity index (χ0) is 13.3. The summed E-state index contributed by atoms with van der Waals surface area (Å²) in [5.41, 5.74) is 10.4. The van der Waals surface area contributed by atoms with Gasteiger partial charge in [0.1, 0.15) is 5.82 Å². The first-order chi connectivity index (χ1) is 8.49. The van der Waals surface area contributed by atoms with E-state index in [-0.39, 0.29) is 11.9 Å². The van der Waals surface area contributed by atoms with E-state index in [2.05, 4.69) is 4.98 Å². The summed E-state index contributed by atoms with van der Waals surface area (Å²) >= 11 is 0. The normalized spacial score (nSPS) is 12.5. The lowest BCUT2D eigenvalue weighted by Gasteiger charge is -2.15. The van der Waals surface area contributed by atoms with Crippen molar-refractivity contribution in [2.75, 3.05) is 0 Å². The Hall–Kier alpha value is -1.74. The van der Waals surface area contributed by atoms with Gasteiger partial charge in [0.15, 0.2) is 0 Å². The van der Waals surface area contributed by atoms with Crippen molar-refractivity contribution in [3.63, 3.8) is 0 Å². The van der Waals surface area contributed by atoms with Crippen LogP contribution in [-0.4, -0.2) is 4.98 Å². The van der Waals surface area contributed by atoms with Gasteiger partial charge >= 0.3 is 0 Å². The van der Waals surface area contributed by atoms with Crippen molar-refractivity contribution in [2.24, 2.45) is 5.73 Å². The van der Waals surface area contributed by atoms with E-state index in [9.17, 15) is 4.39 Å². The van der Waals surface area contributed by atoms with Crippen molar-refractivity contribution in [3.05, 3.63) is 64.2 Å². The summed E-state index contributed by atoms with van der Waals surface area (Å²) < 4.78 is 13.5. The average molecular weight is 244 g/mol. The Kier molecular flexibility index (Phi) is 3.43. The van der Waals surface area contributed by atoms with Gasteiger partial charge in [-0.15, -0.1) is 0 Å². The van der Waals surface area contributed by atoms with Gasteiger partial charge in [-0.2, -0.15) is 0 Å². The van der Waals surface area contributed by atoms with Crippen LogP contribution in [0.4, 0.5) is 4.39 Å². The Labute approximate surface area is 107 Å². The van der Waals surface area contributed by atoms with Gasteiger partial charge in [-0.1, -0.05) is 18.2 Å². The molecule has 1 unspecified atom stereocenters. The van der Waals surface area contributed by atoms with Crippen LogP contribution in [0.5, 0.6) is 0 Å². The zero-order valence-electron chi connectivity index (χ0n) is 10.9. The van der Waals surface area contributed by atoms with Gasteiger partial charge in [-0.3, -0.25) is 4.98 Å². The lowest BCUT2D eigenvalue weighted by Crippen LogP contribution is -2.14. The monoisotopic (exact) mass is 244 g/mol. The molecule has 1 aromatic heterocycles. The molecule has 2 aromatic rings. The minimum Gasteiger partial charge on any atom is -0.320 e. The first-order valence-electron chi connectivity index (χ1n) is 5.95. The number of pyridine rings is 1. The number of hydrogen-bond donors (Lipinski definition) is 1. The summed E-state index contributed by atoms with van der Waals surface area (Å²) in [7, 11) is 0. The number of halogens is 1. The molecule has 0 saturated carbocycles. The molecular weight excluding hydrogens is 227 g/mol. The van der Waals surface area contributed by atoms with Crippen LogP contribution in [0.25, 0.3) is 0 Å². The Bertz CT molecular complexity index is 579. The van der Waals surface area contributed by atoms with Crippen LogP contribution in [0.15, 0.2) is 30.3 Å². The SMILES string of the molecule is Cc1ccc(C(N)c2ccc(C)c(F)c2)c(C)n1. The molecule has 0 spiro atoms. The second-order valence-corrected chi connectivity index (χ2v) is 4.61. The minimum absolute atomic E-state index is 0.222. The number of nitrogens with zero attached hydrogens (tertiary/aromatic N) is 1. The van der Waals surface area contributed by atoms with Gasteiger partial charge in [-0.05, 0) is 49.6 Å². The fraction of sp³-hybridized carbons (Fsp3) is 0.267. The lowest BCUT2D eigenvalue weighted by atomic mass is 9.97. The molecule has 94 valence electrons. The van der Waals surface area contributed by atoms with E-state index in [1.807, 2.05) is 32.0 Å². The molecule has 2 nitrogen and oxygen atoms in total. The highest BCUT2D eigenvalue weighted by Gasteiger charge is 2.13. The zero-order valence-corrected chi connectivity index (χ0v) is 10.9. The highest BCUT2D eigenvalue weighted by atomic mass is 19.1. The van der Waals surface area contributed by atoms with E-state index in [0.717, 1.165) is 22.5 Å². The topological polar surface area (TPSA) is 38.9 Å². The number of aromatic nitrogens is 1. The highest BCUT2D eigenvalue weighted by molar-refractivity contribution is 5.35. The maximum absolute atomic E-state index is 13.5. The lowest BCUT2D eigenvalue weighted by molar-refractivity contribution is 0.614. The molecule has 0 aliphatic heterocycles. The molecule has 0 amide bonds. The van der Waals surface area contributed by atoms with Gasteiger partial charge < -0.3 is 5.73 Å². The predicted molar refractivity (Wildman–Crippen MR) is 70.9 cm³/mol. The first kappa shape index (κ1) is 12.7. The third-order valence-electron chi connectivity index (χ3n) is 3.16. The van der Waals surface area contributed by atoms with Crippen molar-refractivity contribution in [2.45, 2.75) is 26.8 Å². The quantitative estimate of drug-likeness (QED) is 0.881. The Morgan fingerprint density at radius 1 is 1.11 bits per heavy atom. The molecule has 2 N–H and O–H groups in total. The number of hydrogen-bond acceptors (Lipinski definition) is 2. The third-order valence-corrected chi connectivity index (χ3v) is 3.16. The number of rotatable bonds is 2. The number of aryl methyl sites for hydroxylation is 3. The molecular formula is C15H17FN2. The van der Waals surface area contributed by atoms with E-state index in [0.29, 0.717) is 5.56 Å². The summed E-state index contributed by atoms with van der Waals surface area (Å²) in [4.78, 5) is 4.39. The number of nitrogens with two attached hydrogens (primary N) is 1. The largest absolute Gasteiger partial charge is 0.320 e. The molecule has 0 aliphatic carbocycles. The molecule has 2 rings (SSSR count). The molecule has 18 heavy (non-hydrogen) atoms. The van der Waals surface area contributed by atoms with Crippen molar-refractivity contribution in [1.82, 2.24) is 4.98 Å². The molecule has 1 aromatic carbocycles. The van der Waals surface area contributed by atoms with Crippen LogP contribution in [0, 0.1) is 26.6 Å². The summed E-state index contributed by atoms with van der Waals surface area (Å²) in [5, 5.41) is 0. The van der Waals surface area contributed by atoms with Gasteiger partial charge in [0.25, 0.3) is 0 Å². The van der Waals surface area contributed by atoms with Gasteiger partial charge in [0.2, 0.25) is 0 Å². The van der Waals surface area contributed by atoms with E-state index in [1.54, 1.807) is 13.0 Å². The van der Waals surface area contributed by atoms with Gasteiger partial charge in [-0.25, -0.2) is 4.39 Å². The Morgan fingerprint density at radius 2 is 1.83 bits per heavy atom. The predicted octanol–water partition coefficient (Wildman–Crippen LogP) is 3.19. The standard InChI is InChI=1S/C15H17FN2/c1-9-4-6-12(8-14(9)16)15(17)13-7-5-10(2)18-11(13)3/h4-8,15H,17H2,1-3H3. The van der Waals surface area contributed by atoms with Crippen molar-refractivity contribution in [1.29, 1.82) is 0 Å². The summed E-state index contributed by atoms with van der Waals surface area (Å²) in [6.45, 7) is 5.60. The second-order valence-electron chi connectivity index (χ2n) is 4.61. The molecule has 0 radical (unpaired) electrons. The third kappa shape index (κ3) is 2.41. The van der Waals surface area contributed by atoms with Crippen molar-refractivity contribution < 1.29 is 4.39 Å². The maximum Gasteiger partial charge on any atom is 0.126 e. The molecule has 1 heterocycles. The van der Waals surface area contributed by atoms with Gasteiger partial charge in [0.05, 0.1) is 6.04 Å². The van der Waals surface area contributed by atoms with Gasteiger partial charge in [0, 0.05) is 11.4 Å². The molecule has 0 fully saturated rings. The molecule has 0 bridgehead atoms. The molecule has 0 saturated heterocycles. The number of benzene rings is 1. The maximum atomic E-state index is 13.5. The summed E-state index contributed by atoms with van der Waals surface area (Å²) in [6, 6.07) is 8.66. The average Bonchev–Trinajstić information content (AvgIpc) is 2.32. The van der Waals surface area contributed by atoms with Crippen molar-refractivity contribution >= 4 is 0 Å². The van der Waals surface area contributed by atoms with Crippen LogP contribution in [0.2, 0.25) is 0 Å². The highest BCUT2D eigenvalue weighted by Crippen LogP contribution is 2.23. The van der Waals surface area contributed by atoms with E-state index in [1.165, 1.54) is 6.07 Å². The molecule has 0 aliphatic rings. The summed E-state index contributed by atoms with van der Waals surface area (Å²) in [5.74, 6) is -0.222. The van der Waals surface area contributed by atoms with Crippen LogP contribution in [0.3, 0.4) is 0 Å². The van der Waals surface area contributed by atoms with Crippen LogP contribution in [0.1, 0.15) is 34.1 Å². The van der Waals surface area contributed by atoms with E-state index >= 15 is 0 Å². The second kappa shape index (κ2) is 4.86. The molecule has 3 heteroatoms. The van der Waals surface area contributed by atoms with E-state index in [4.69, 9.17) is 5.73 Å².